The van der Waals surface area contributed by atoms with Crippen LogP contribution in [0.2, 0.25) is 0 Å². The van der Waals surface area contributed by atoms with Crippen molar-refractivity contribution in [2.24, 2.45) is 0 Å². The van der Waals surface area contributed by atoms with E-state index in [1.165, 1.54) is 47.4 Å². The first kappa shape index (κ1) is 25.9. The fourth-order valence-corrected chi connectivity index (χ4v) is 8.03. The summed E-state index contributed by atoms with van der Waals surface area (Å²) in [7, 11) is 0. The first-order valence-electron chi connectivity index (χ1n) is 15.2. The third-order valence-electron chi connectivity index (χ3n) is 8.89. The maximum absolute atomic E-state index is 6.85. The summed E-state index contributed by atoms with van der Waals surface area (Å²) in [6.45, 7) is 0.421. The number of rotatable bonds is 5. The molecule has 0 unspecified atom stereocenters. The number of nitrogen functional groups attached to an aromatic ring is 1. The highest BCUT2D eigenvalue weighted by Crippen LogP contribution is 2.47. The average Bonchev–Trinajstić information content (AvgIpc) is 3.66. The van der Waals surface area contributed by atoms with Gasteiger partial charge in [-0.1, -0.05) is 109 Å². The Hall–Kier alpha value is -5.58. The van der Waals surface area contributed by atoms with Crippen LogP contribution in [0.1, 0.15) is 5.56 Å². The Morgan fingerprint density at radius 1 is 0.600 bits per heavy atom. The molecule has 0 saturated heterocycles. The molecule has 45 heavy (non-hydrogen) atoms. The van der Waals surface area contributed by atoms with Gasteiger partial charge in [0, 0.05) is 42.2 Å². The van der Waals surface area contributed by atoms with Gasteiger partial charge in [0.1, 0.15) is 12.4 Å². The van der Waals surface area contributed by atoms with Gasteiger partial charge in [-0.3, -0.25) is 0 Å². The van der Waals surface area contributed by atoms with Crippen molar-refractivity contribution in [3.8, 4) is 22.6 Å². The van der Waals surface area contributed by atoms with Crippen LogP contribution in [-0.2, 0) is 6.61 Å². The van der Waals surface area contributed by atoms with Crippen LogP contribution >= 0.6 is 11.3 Å². The molecule has 4 heteroatoms. The van der Waals surface area contributed by atoms with Gasteiger partial charge in [0.05, 0.1) is 16.7 Å². The topological polar surface area (TPSA) is 40.2 Å². The largest absolute Gasteiger partial charge is 0.487 e. The normalized spacial score (nSPS) is 11.7. The van der Waals surface area contributed by atoms with E-state index in [1.54, 1.807) is 11.3 Å². The minimum Gasteiger partial charge on any atom is -0.487 e. The number of hydrogen-bond acceptors (Lipinski definition) is 3. The fraction of sp³-hybridized carbons (Fsp3) is 0.0244. The molecule has 2 heterocycles. The molecular weight excluding hydrogens is 569 g/mol. The zero-order valence-corrected chi connectivity index (χ0v) is 25.2. The number of anilines is 1. The molecule has 0 bridgehead atoms. The summed E-state index contributed by atoms with van der Waals surface area (Å²) >= 11 is 1.78. The highest BCUT2D eigenvalue weighted by atomic mass is 32.1. The average molecular weight is 597 g/mol. The van der Waals surface area contributed by atoms with Gasteiger partial charge in [-0.2, -0.15) is 0 Å². The van der Waals surface area contributed by atoms with Gasteiger partial charge in [-0.15, -0.1) is 11.3 Å². The van der Waals surface area contributed by atoms with E-state index in [9.17, 15) is 0 Å². The van der Waals surface area contributed by atoms with E-state index in [-0.39, 0.29) is 0 Å². The molecule has 0 fully saturated rings. The molecule has 0 aliphatic heterocycles. The standard InChI is InChI=1S/C41H28N2OS/c42-40-36(24-33(27-10-2-1-3-11-27)41-39(40)32-15-7-9-17-37(32)45-41)44-25-26-18-21-29(22-19-26)43-34-16-8-6-14-31(34)38-30-13-5-4-12-28(30)20-23-35(38)43/h1-24H,25,42H2. The van der Waals surface area contributed by atoms with Crippen LogP contribution in [-0.4, -0.2) is 4.57 Å². The molecular formula is C41H28N2OS. The summed E-state index contributed by atoms with van der Waals surface area (Å²) in [5, 5.41) is 7.32. The minimum atomic E-state index is 0.421. The smallest absolute Gasteiger partial charge is 0.144 e. The number of nitrogens with two attached hydrogens (primary N) is 1. The maximum Gasteiger partial charge on any atom is 0.144 e. The van der Waals surface area contributed by atoms with Crippen molar-refractivity contribution in [2.45, 2.75) is 6.61 Å². The predicted octanol–water partition coefficient (Wildman–Crippen LogP) is 11.1. The second kappa shape index (κ2) is 10.3. The van der Waals surface area contributed by atoms with Crippen LogP contribution in [0.15, 0.2) is 146 Å². The molecule has 0 atom stereocenters. The highest BCUT2D eigenvalue weighted by molar-refractivity contribution is 7.26. The Morgan fingerprint density at radius 3 is 2.16 bits per heavy atom. The Kier molecular flexibility index (Phi) is 5.90. The molecule has 0 spiro atoms. The third kappa shape index (κ3) is 4.10. The van der Waals surface area contributed by atoms with E-state index in [1.807, 2.05) is 6.07 Å². The van der Waals surface area contributed by atoms with Crippen molar-refractivity contribution in [1.29, 1.82) is 0 Å². The molecule has 2 N–H and O–H groups in total. The summed E-state index contributed by atoms with van der Waals surface area (Å²) in [5.41, 5.74) is 14.5. The first-order chi connectivity index (χ1) is 22.2. The minimum absolute atomic E-state index is 0.421. The van der Waals surface area contributed by atoms with Crippen molar-refractivity contribution in [1.82, 2.24) is 4.57 Å². The Bertz CT molecular complexity index is 2540. The summed E-state index contributed by atoms with van der Waals surface area (Å²) in [6.07, 6.45) is 0. The van der Waals surface area contributed by atoms with Crippen molar-refractivity contribution in [3.63, 3.8) is 0 Å². The lowest BCUT2D eigenvalue weighted by atomic mass is 10.0. The lowest BCUT2D eigenvalue weighted by Crippen LogP contribution is -2.01. The molecule has 9 rings (SSSR count). The Morgan fingerprint density at radius 2 is 1.31 bits per heavy atom. The van der Waals surface area contributed by atoms with Crippen LogP contribution in [0.25, 0.3) is 69.6 Å². The second-order valence-electron chi connectivity index (χ2n) is 11.5. The van der Waals surface area contributed by atoms with Crippen LogP contribution in [0.5, 0.6) is 5.75 Å². The van der Waals surface area contributed by atoms with E-state index >= 15 is 0 Å². The fourth-order valence-electron chi connectivity index (χ4n) is 6.77. The number of aromatic nitrogens is 1. The monoisotopic (exact) mass is 596 g/mol. The van der Waals surface area contributed by atoms with E-state index in [0.29, 0.717) is 18.0 Å². The SMILES string of the molecule is Nc1c(OCc2ccc(-n3c4ccccc4c4c5ccccc5ccc43)cc2)cc(-c2ccccc2)c2sc3ccccc3c12. The lowest BCUT2D eigenvalue weighted by molar-refractivity contribution is 0.308. The predicted molar refractivity (Wildman–Crippen MR) is 192 cm³/mol. The zero-order chi connectivity index (χ0) is 29.9. The van der Waals surface area contributed by atoms with Crippen LogP contribution in [0.4, 0.5) is 5.69 Å². The Balaban J connectivity index is 1.10. The number of para-hydroxylation sites is 1. The molecule has 0 aliphatic carbocycles. The van der Waals surface area contributed by atoms with Crippen LogP contribution in [0.3, 0.4) is 0 Å². The maximum atomic E-state index is 6.85. The van der Waals surface area contributed by atoms with Gasteiger partial charge in [-0.25, -0.2) is 0 Å². The molecule has 0 amide bonds. The molecule has 3 nitrogen and oxygen atoms in total. The van der Waals surface area contributed by atoms with Crippen molar-refractivity contribution < 1.29 is 4.74 Å². The number of hydrogen-bond donors (Lipinski definition) is 1. The molecule has 2 aromatic heterocycles. The van der Waals surface area contributed by atoms with Gasteiger partial charge >= 0.3 is 0 Å². The molecule has 214 valence electrons. The number of nitrogens with zero attached hydrogens (tertiary/aromatic N) is 1. The molecule has 9 aromatic rings. The van der Waals surface area contributed by atoms with Gasteiger partial charge in [0.15, 0.2) is 0 Å². The van der Waals surface area contributed by atoms with Crippen LogP contribution in [0, 0.1) is 0 Å². The summed E-state index contributed by atoms with van der Waals surface area (Å²) < 4.78 is 11.3. The Labute approximate surface area is 264 Å². The first-order valence-corrected chi connectivity index (χ1v) is 16.0. The van der Waals surface area contributed by atoms with Gasteiger partial charge in [0.25, 0.3) is 0 Å². The molecule has 0 radical (unpaired) electrons. The second-order valence-corrected chi connectivity index (χ2v) is 12.5. The zero-order valence-electron chi connectivity index (χ0n) is 24.4. The van der Waals surface area contributed by atoms with E-state index < -0.39 is 0 Å². The number of thiophene rings is 1. The molecule has 0 saturated carbocycles. The lowest BCUT2D eigenvalue weighted by Gasteiger charge is -2.14. The quantitative estimate of drug-likeness (QED) is 0.201. The number of benzene rings is 7. The summed E-state index contributed by atoms with van der Waals surface area (Å²) in [6, 6.07) is 51.5. The van der Waals surface area contributed by atoms with Gasteiger partial charge in [-0.05, 0) is 58.3 Å². The van der Waals surface area contributed by atoms with Crippen molar-refractivity contribution in [3.05, 3.63) is 151 Å². The molecule has 0 aliphatic rings. The number of fused-ring (bicyclic) bond motifs is 8. The van der Waals surface area contributed by atoms with Gasteiger partial charge in [0.2, 0.25) is 0 Å². The van der Waals surface area contributed by atoms with E-state index in [0.717, 1.165) is 27.8 Å². The summed E-state index contributed by atoms with van der Waals surface area (Å²) in [5.74, 6) is 0.711. The van der Waals surface area contributed by atoms with Crippen LogP contribution < -0.4 is 10.5 Å². The molecule has 7 aromatic carbocycles. The number of ether oxygens (including phenoxy) is 1. The van der Waals surface area contributed by atoms with E-state index in [2.05, 4.69) is 144 Å². The third-order valence-corrected chi connectivity index (χ3v) is 10.1. The summed E-state index contributed by atoms with van der Waals surface area (Å²) in [4.78, 5) is 0. The van der Waals surface area contributed by atoms with Crippen molar-refractivity contribution in [2.75, 3.05) is 5.73 Å². The van der Waals surface area contributed by atoms with Crippen molar-refractivity contribution >= 4 is 69.8 Å². The highest BCUT2D eigenvalue weighted by Gasteiger charge is 2.18. The van der Waals surface area contributed by atoms with E-state index in [4.69, 9.17) is 10.5 Å². The van der Waals surface area contributed by atoms with Gasteiger partial charge < -0.3 is 15.0 Å².